The van der Waals surface area contributed by atoms with E-state index in [-0.39, 0.29) is 42.5 Å². The van der Waals surface area contributed by atoms with E-state index in [1.807, 2.05) is 0 Å². The summed E-state index contributed by atoms with van der Waals surface area (Å²) >= 11 is 0. The number of fused-ring (bicyclic) bond motifs is 3. The summed E-state index contributed by atoms with van der Waals surface area (Å²) in [7, 11) is 0. The van der Waals surface area contributed by atoms with E-state index in [1.165, 1.54) is 24.0 Å². The Morgan fingerprint density at radius 1 is 1.11 bits per heavy atom. The fraction of sp³-hybridized carbons (Fsp3) is 0.556. The van der Waals surface area contributed by atoms with Crippen LogP contribution in [-0.2, 0) is 13.0 Å². The number of halogens is 2. The average molecular weight is 516 g/mol. The zero-order chi connectivity index (χ0) is 23.9. The van der Waals surface area contributed by atoms with Gasteiger partial charge in [-0.05, 0) is 55.7 Å². The number of piperidine rings is 2. The molecule has 0 saturated carbocycles. The third-order valence-electron chi connectivity index (χ3n) is 8.37. The van der Waals surface area contributed by atoms with Crippen molar-refractivity contribution in [2.24, 2.45) is 0 Å². The number of aliphatic hydroxyl groups excluding tert-OH is 1. The van der Waals surface area contributed by atoms with Gasteiger partial charge >= 0.3 is 0 Å². The number of aromatic nitrogens is 1. The van der Waals surface area contributed by atoms with E-state index in [0.29, 0.717) is 30.9 Å². The van der Waals surface area contributed by atoms with Crippen LogP contribution in [0, 0.1) is 5.82 Å². The molecule has 1 aromatic carbocycles. The predicted molar refractivity (Wildman–Crippen MR) is 139 cm³/mol. The van der Waals surface area contributed by atoms with E-state index >= 15 is 0 Å². The van der Waals surface area contributed by atoms with Crippen LogP contribution >= 0.6 is 12.4 Å². The molecule has 4 aliphatic heterocycles. The molecule has 2 unspecified atom stereocenters. The number of hydrogen-bond acceptors (Lipinski definition) is 6. The highest BCUT2D eigenvalue weighted by molar-refractivity contribution is 5.95. The first kappa shape index (κ1) is 25.4. The highest BCUT2D eigenvalue weighted by Crippen LogP contribution is 2.29. The highest BCUT2D eigenvalue weighted by Gasteiger charge is 2.37. The first-order valence-corrected chi connectivity index (χ1v) is 13.0. The zero-order valence-electron chi connectivity index (χ0n) is 20.4. The monoisotopic (exact) mass is 515 g/mol. The van der Waals surface area contributed by atoms with Crippen LogP contribution in [0.1, 0.15) is 53.6 Å². The molecule has 36 heavy (non-hydrogen) atoms. The summed E-state index contributed by atoms with van der Waals surface area (Å²) in [4.78, 5) is 21.4. The average Bonchev–Trinajstić information content (AvgIpc) is 3.22. The van der Waals surface area contributed by atoms with Crippen LogP contribution in [0.3, 0.4) is 0 Å². The Bertz CT molecular complexity index is 1090. The maximum absolute atomic E-state index is 14.7. The summed E-state index contributed by atoms with van der Waals surface area (Å²) < 4.78 is 14.7. The zero-order valence-corrected chi connectivity index (χ0v) is 21.2. The largest absolute Gasteiger partial charge is 0.390 e. The lowest BCUT2D eigenvalue weighted by Gasteiger charge is -2.43. The molecule has 9 heteroatoms. The maximum Gasteiger partial charge on any atom is 0.257 e. The number of aliphatic hydroxyl groups is 1. The van der Waals surface area contributed by atoms with Crippen molar-refractivity contribution in [2.75, 3.05) is 25.0 Å². The van der Waals surface area contributed by atoms with E-state index in [1.54, 1.807) is 11.0 Å². The number of carbonyl (C=O) groups excluding carboxylic acids is 1. The SMILES string of the molecule is Cl.O=C(c1cc(NC2CC3CCC(C2)N3)ncc1F)N1CC[C@H](N2CCc3ccccc3C2)[C@@H](O)C1. The van der Waals surface area contributed by atoms with E-state index < -0.39 is 11.9 Å². The van der Waals surface area contributed by atoms with Gasteiger partial charge in [0.05, 0.1) is 17.9 Å². The molecule has 4 aliphatic rings. The first-order valence-electron chi connectivity index (χ1n) is 13.0. The van der Waals surface area contributed by atoms with Gasteiger partial charge in [-0.1, -0.05) is 24.3 Å². The van der Waals surface area contributed by atoms with Crippen molar-refractivity contribution < 1.29 is 14.3 Å². The van der Waals surface area contributed by atoms with Crippen molar-refractivity contribution in [1.29, 1.82) is 0 Å². The van der Waals surface area contributed by atoms with Crippen molar-refractivity contribution >= 4 is 24.1 Å². The Balaban J connectivity index is 0.00000267. The standard InChI is InChI=1S/C27H34FN5O2.ClH/c28-23-14-29-26(31-21-11-19-5-6-20(12-21)30-19)13-22(23)27(35)33-10-8-24(25(34)16-33)32-9-7-17-3-1-2-4-18(17)15-32;/h1-4,13-14,19-21,24-25,30,34H,5-12,15-16H2,(H,29,31);1H/t19?,20?,21?,24-,25-;/m0./s1. The third-order valence-corrected chi connectivity index (χ3v) is 8.37. The lowest BCUT2D eigenvalue weighted by Crippen LogP contribution is -2.56. The molecule has 3 fully saturated rings. The summed E-state index contributed by atoms with van der Waals surface area (Å²) in [5.41, 5.74) is 2.71. The van der Waals surface area contributed by atoms with Gasteiger partial charge in [0.1, 0.15) is 5.82 Å². The number of benzene rings is 1. The Kier molecular flexibility index (Phi) is 7.49. The normalized spacial score (nSPS) is 29.8. The van der Waals surface area contributed by atoms with Gasteiger partial charge in [0.25, 0.3) is 5.91 Å². The Hall–Kier alpha value is -2.26. The summed E-state index contributed by atoms with van der Waals surface area (Å²) in [5, 5.41) is 18.0. The van der Waals surface area contributed by atoms with Gasteiger partial charge in [-0.3, -0.25) is 9.69 Å². The number of carbonyl (C=O) groups is 1. The Morgan fingerprint density at radius 2 is 1.86 bits per heavy atom. The molecule has 0 radical (unpaired) electrons. The molecular weight excluding hydrogens is 481 g/mol. The van der Waals surface area contributed by atoms with Crippen molar-refractivity contribution in [3.63, 3.8) is 0 Å². The van der Waals surface area contributed by atoms with Crippen molar-refractivity contribution in [2.45, 2.75) is 75.3 Å². The number of hydrogen-bond donors (Lipinski definition) is 3. The minimum absolute atomic E-state index is 0. The molecule has 4 atom stereocenters. The van der Waals surface area contributed by atoms with Gasteiger partial charge in [0.15, 0.2) is 5.82 Å². The molecule has 7 nitrogen and oxygen atoms in total. The van der Waals surface area contributed by atoms with Gasteiger partial charge in [0, 0.05) is 50.3 Å². The van der Waals surface area contributed by atoms with Crippen LogP contribution in [0.4, 0.5) is 10.2 Å². The van der Waals surface area contributed by atoms with Crippen LogP contribution in [0.15, 0.2) is 36.5 Å². The molecule has 0 spiro atoms. The van der Waals surface area contributed by atoms with Crippen LogP contribution in [0.2, 0.25) is 0 Å². The molecule has 0 aliphatic carbocycles. The van der Waals surface area contributed by atoms with Crippen LogP contribution in [0.25, 0.3) is 0 Å². The van der Waals surface area contributed by atoms with Gasteiger partial charge in [-0.15, -0.1) is 12.4 Å². The molecule has 5 heterocycles. The number of nitrogens with one attached hydrogen (secondary N) is 2. The fourth-order valence-corrected chi connectivity index (χ4v) is 6.57. The lowest BCUT2D eigenvalue weighted by molar-refractivity contribution is -0.0138. The smallest absolute Gasteiger partial charge is 0.257 e. The molecule has 194 valence electrons. The first-order chi connectivity index (χ1) is 17.0. The van der Waals surface area contributed by atoms with Crippen LogP contribution < -0.4 is 10.6 Å². The molecule has 1 amide bonds. The predicted octanol–water partition coefficient (Wildman–Crippen LogP) is 2.97. The molecular formula is C27H35ClFN5O2. The number of likely N-dealkylation sites (tertiary alicyclic amines) is 1. The number of pyridine rings is 1. The summed E-state index contributed by atoms with van der Waals surface area (Å²) in [6.07, 6.45) is 6.55. The fourth-order valence-electron chi connectivity index (χ4n) is 6.57. The second kappa shape index (κ2) is 10.6. The van der Waals surface area contributed by atoms with E-state index in [0.717, 1.165) is 38.5 Å². The minimum atomic E-state index is -0.661. The molecule has 2 aromatic rings. The summed E-state index contributed by atoms with van der Waals surface area (Å²) in [6, 6.07) is 11.3. The summed E-state index contributed by atoms with van der Waals surface area (Å²) in [5.74, 6) is -0.446. The van der Waals surface area contributed by atoms with Gasteiger partial charge in [-0.25, -0.2) is 9.37 Å². The molecule has 3 N–H and O–H groups in total. The number of nitrogens with zero attached hydrogens (tertiary/aromatic N) is 3. The number of amides is 1. The van der Waals surface area contributed by atoms with Crippen molar-refractivity contribution in [1.82, 2.24) is 20.1 Å². The number of β-amino-alcohol motifs (C(OH)–C–C–N with tert-alkyl or cyclic N) is 1. The van der Waals surface area contributed by atoms with Gasteiger partial charge < -0.3 is 20.6 Å². The van der Waals surface area contributed by atoms with E-state index in [2.05, 4.69) is 44.8 Å². The van der Waals surface area contributed by atoms with Gasteiger partial charge in [-0.2, -0.15) is 0 Å². The van der Waals surface area contributed by atoms with E-state index in [9.17, 15) is 14.3 Å². The Morgan fingerprint density at radius 3 is 2.61 bits per heavy atom. The molecule has 6 rings (SSSR count). The molecule has 2 bridgehead atoms. The van der Waals surface area contributed by atoms with Crippen LogP contribution in [0.5, 0.6) is 0 Å². The maximum atomic E-state index is 14.7. The van der Waals surface area contributed by atoms with Crippen molar-refractivity contribution in [3.8, 4) is 0 Å². The second-order valence-electron chi connectivity index (χ2n) is 10.7. The van der Waals surface area contributed by atoms with E-state index in [4.69, 9.17) is 0 Å². The summed E-state index contributed by atoms with van der Waals surface area (Å²) in [6.45, 7) is 2.43. The number of rotatable bonds is 4. The quantitative estimate of drug-likeness (QED) is 0.581. The minimum Gasteiger partial charge on any atom is -0.390 e. The Labute approximate surface area is 217 Å². The van der Waals surface area contributed by atoms with Crippen molar-refractivity contribution in [3.05, 3.63) is 59.0 Å². The van der Waals surface area contributed by atoms with Gasteiger partial charge in [0.2, 0.25) is 0 Å². The highest BCUT2D eigenvalue weighted by atomic mass is 35.5. The second-order valence-corrected chi connectivity index (χ2v) is 10.7. The molecule has 3 saturated heterocycles. The van der Waals surface area contributed by atoms with Crippen LogP contribution in [-0.4, -0.2) is 75.7 Å². The lowest BCUT2D eigenvalue weighted by atomic mass is 9.94. The topological polar surface area (TPSA) is 80.7 Å². The third kappa shape index (κ3) is 5.09. The molecule has 1 aromatic heterocycles. The number of anilines is 1.